The van der Waals surface area contributed by atoms with Gasteiger partial charge in [-0.05, 0) is 36.8 Å². The van der Waals surface area contributed by atoms with Crippen molar-refractivity contribution in [2.45, 2.75) is 13.0 Å². The Balaban J connectivity index is 2.14. The number of hydrogen-bond acceptors (Lipinski definition) is 3. The lowest BCUT2D eigenvalue weighted by molar-refractivity contribution is 0.0697. The molecular formula is C14H13BrN2O2. The summed E-state index contributed by atoms with van der Waals surface area (Å²) in [5.41, 5.74) is 1.33. The van der Waals surface area contributed by atoms with E-state index in [0.29, 0.717) is 5.82 Å². The number of halogens is 1. The molecule has 4 nitrogen and oxygen atoms in total. The van der Waals surface area contributed by atoms with E-state index in [1.165, 1.54) is 18.3 Å². The third-order valence-corrected chi connectivity index (χ3v) is 3.27. The van der Waals surface area contributed by atoms with E-state index in [1.807, 2.05) is 31.2 Å². The molecule has 2 rings (SSSR count). The van der Waals surface area contributed by atoms with E-state index in [-0.39, 0.29) is 11.6 Å². The van der Waals surface area contributed by atoms with Crippen LogP contribution in [0.4, 0.5) is 5.82 Å². The van der Waals surface area contributed by atoms with Gasteiger partial charge in [-0.25, -0.2) is 9.78 Å². The third kappa shape index (κ3) is 3.54. The highest BCUT2D eigenvalue weighted by molar-refractivity contribution is 9.10. The van der Waals surface area contributed by atoms with Crippen molar-refractivity contribution < 1.29 is 9.90 Å². The molecule has 19 heavy (non-hydrogen) atoms. The van der Waals surface area contributed by atoms with Crippen LogP contribution in [0.15, 0.2) is 47.1 Å². The zero-order valence-corrected chi connectivity index (χ0v) is 11.9. The summed E-state index contributed by atoms with van der Waals surface area (Å²) in [6, 6.07) is 11.0. The monoisotopic (exact) mass is 320 g/mol. The van der Waals surface area contributed by atoms with Gasteiger partial charge < -0.3 is 10.4 Å². The van der Waals surface area contributed by atoms with Crippen LogP contribution in [0.3, 0.4) is 0 Å². The number of carboxylic acids is 1. The van der Waals surface area contributed by atoms with Crippen LogP contribution >= 0.6 is 15.9 Å². The fraction of sp³-hybridized carbons (Fsp3) is 0.143. The Kier molecular flexibility index (Phi) is 4.16. The lowest BCUT2D eigenvalue weighted by atomic mass is 10.1. The topological polar surface area (TPSA) is 62.2 Å². The molecule has 2 aromatic rings. The first kappa shape index (κ1) is 13.5. The first-order valence-electron chi connectivity index (χ1n) is 5.77. The van der Waals surface area contributed by atoms with Crippen molar-refractivity contribution in [3.8, 4) is 0 Å². The highest BCUT2D eigenvalue weighted by Crippen LogP contribution is 2.20. The smallest absolute Gasteiger partial charge is 0.335 e. The van der Waals surface area contributed by atoms with Gasteiger partial charge in [0.15, 0.2) is 0 Å². The van der Waals surface area contributed by atoms with E-state index in [9.17, 15) is 4.79 Å². The van der Waals surface area contributed by atoms with Crippen LogP contribution < -0.4 is 5.32 Å². The predicted molar refractivity (Wildman–Crippen MR) is 77.4 cm³/mol. The van der Waals surface area contributed by atoms with Crippen molar-refractivity contribution in [3.05, 3.63) is 58.2 Å². The van der Waals surface area contributed by atoms with E-state index in [0.717, 1.165) is 10.0 Å². The van der Waals surface area contributed by atoms with Gasteiger partial charge in [0.25, 0.3) is 0 Å². The maximum absolute atomic E-state index is 10.9. The molecule has 1 heterocycles. The normalized spacial score (nSPS) is 11.9. The van der Waals surface area contributed by atoms with Crippen LogP contribution in [0.1, 0.15) is 28.9 Å². The lowest BCUT2D eigenvalue weighted by Gasteiger charge is -2.15. The molecule has 0 aliphatic carbocycles. The number of aromatic carboxylic acids is 1. The number of aromatic nitrogens is 1. The molecule has 0 aliphatic rings. The number of hydrogen-bond donors (Lipinski definition) is 2. The Labute approximate surface area is 119 Å². The minimum Gasteiger partial charge on any atom is -0.478 e. The average Bonchev–Trinajstić information content (AvgIpc) is 2.39. The molecule has 0 spiro atoms. The summed E-state index contributed by atoms with van der Waals surface area (Å²) in [6.07, 6.45) is 1.49. The molecule has 1 unspecified atom stereocenters. The molecule has 0 aliphatic heterocycles. The van der Waals surface area contributed by atoms with Crippen molar-refractivity contribution in [2.24, 2.45) is 0 Å². The molecule has 0 bridgehead atoms. The fourth-order valence-corrected chi connectivity index (χ4v) is 1.96. The predicted octanol–water partition coefficient (Wildman–Crippen LogP) is 3.72. The van der Waals surface area contributed by atoms with Crippen molar-refractivity contribution in [1.29, 1.82) is 0 Å². The molecule has 1 aromatic heterocycles. The minimum absolute atomic E-state index is 0.0460. The van der Waals surface area contributed by atoms with E-state index in [2.05, 4.69) is 26.2 Å². The van der Waals surface area contributed by atoms with Gasteiger partial charge in [0.2, 0.25) is 0 Å². The Morgan fingerprint density at radius 1 is 1.32 bits per heavy atom. The molecule has 2 N–H and O–H groups in total. The van der Waals surface area contributed by atoms with Gasteiger partial charge in [0.05, 0.1) is 5.56 Å². The molecular weight excluding hydrogens is 308 g/mol. The largest absolute Gasteiger partial charge is 0.478 e. The highest BCUT2D eigenvalue weighted by atomic mass is 79.9. The van der Waals surface area contributed by atoms with Gasteiger partial charge >= 0.3 is 5.97 Å². The van der Waals surface area contributed by atoms with E-state index < -0.39 is 5.97 Å². The maximum Gasteiger partial charge on any atom is 0.335 e. The summed E-state index contributed by atoms with van der Waals surface area (Å²) in [5, 5.41) is 12.1. The molecule has 0 radical (unpaired) electrons. The van der Waals surface area contributed by atoms with Gasteiger partial charge in [-0.3, -0.25) is 0 Å². The van der Waals surface area contributed by atoms with Gasteiger partial charge in [-0.15, -0.1) is 0 Å². The Morgan fingerprint density at radius 2 is 2.00 bits per heavy atom. The second-order valence-corrected chi connectivity index (χ2v) is 5.07. The Hall–Kier alpha value is -1.88. The number of rotatable bonds is 4. The van der Waals surface area contributed by atoms with Crippen molar-refractivity contribution in [2.75, 3.05) is 5.32 Å². The van der Waals surface area contributed by atoms with Gasteiger partial charge in [0, 0.05) is 16.7 Å². The van der Waals surface area contributed by atoms with Crippen LogP contribution in [-0.4, -0.2) is 16.1 Å². The summed E-state index contributed by atoms with van der Waals surface area (Å²) < 4.78 is 1.02. The van der Waals surface area contributed by atoms with Crippen molar-refractivity contribution >= 4 is 27.7 Å². The Morgan fingerprint density at radius 3 is 2.63 bits per heavy atom. The van der Waals surface area contributed by atoms with Crippen molar-refractivity contribution in [3.63, 3.8) is 0 Å². The summed E-state index contributed by atoms with van der Waals surface area (Å²) in [6.45, 7) is 2.00. The van der Waals surface area contributed by atoms with Crippen LogP contribution in [0.2, 0.25) is 0 Å². The number of nitrogens with zero attached hydrogens (tertiary/aromatic N) is 1. The van der Waals surface area contributed by atoms with E-state index in [1.54, 1.807) is 0 Å². The highest BCUT2D eigenvalue weighted by Gasteiger charge is 2.08. The first-order valence-corrected chi connectivity index (χ1v) is 6.57. The number of benzene rings is 1. The lowest BCUT2D eigenvalue weighted by Crippen LogP contribution is -2.08. The molecule has 0 fully saturated rings. The maximum atomic E-state index is 10.9. The summed E-state index contributed by atoms with van der Waals surface area (Å²) in [4.78, 5) is 15.0. The van der Waals surface area contributed by atoms with Crippen LogP contribution in [0.25, 0.3) is 0 Å². The number of nitrogens with one attached hydrogen (secondary N) is 1. The van der Waals surface area contributed by atoms with Gasteiger partial charge in [-0.1, -0.05) is 28.1 Å². The van der Waals surface area contributed by atoms with E-state index >= 15 is 0 Å². The second kappa shape index (κ2) is 5.84. The average molecular weight is 321 g/mol. The quantitative estimate of drug-likeness (QED) is 0.901. The standard InChI is InChI=1S/C14H13BrN2O2/c1-9(10-2-4-12(15)5-3-10)17-13-8-11(14(18)19)6-7-16-13/h2-9H,1H3,(H,16,17)(H,18,19). The van der Waals surface area contributed by atoms with Crippen molar-refractivity contribution in [1.82, 2.24) is 4.98 Å². The molecule has 0 saturated heterocycles. The number of carbonyl (C=O) groups is 1. The zero-order valence-electron chi connectivity index (χ0n) is 10.3. The van der Waals surface area contributed by atoms with Crippen LogP contribution in [-0.2, 0) is 0 Å². The molecule has 5 heteroatoms. The van der Waals surface area contributed by atoms with Crippen LogP contribution in [0.5, 0.6) is 0 Å². The summed E-state index contributed by atoms with van der Waals surface area (Å²) in [5.74, 6) is -0.405. The SMILES string of the molecule is CC(Nc1cc(C(=O)O)ccn1)c1ccc(Br)cc1. The van der Waals surface area contributed by atoms with E-state index in [4.69, 9.17) is 5.11 Å². The minimum atomic E-state index is -0.957. The van der Waals surface area contributed by atoms with Gasteiger partial charge in [-0.2, -0.15) is 0 Å². The number of anilines is 1. The molecule has 98 valence electrons. The summed E-state index contributed by atoms with van der Waals surface area (Å²) in [7, 11) is 0. The van der Waals surface area contributed by atoms with Crippen LogP contribution in [0, 0.1) is 0 Å². The number of pyridine rings is 1. The second-order valence-electron chi connectivity index (χ2n) is 4.15. The third-order valence-electron chi connectivity index (χ3n) is 2.74. The molecule has 1 aromatic carbocycles. The Bertz CT molecular complexity index is 584. The molecule has 0 amide bonds. The van der Waals surface area contributed by atoms with Gasteiger partial charge in [0.1, 0.15) is 5.82 Å². The molecule has 0 saturated carbocycles. The summed E-state index contributed by atoms with van der Waals surface area (Å²) >= 11 is 3.39. The molecule has 1 atom stereocenters. The first-order chi connectivity index (χ1) is 9.06. The zero-order chi connectivity index (χ0) is 13.8. The fourth-order valence-electron chi connectivity index (χ4n) is 1.70. The number of carboxylic acid groups (broad SMARTS) is 1.